The Hall–Kier alpha value is -2.87. The van der Waals surface area contributed by atoms with Crippen molar-refractivity contribution in [1.29, 1.82) is 0 Å². The Labute approximate surface area is 132 Å². The Balaban J connectivity index is 1.73. The number of imidazole rings is 1. The van der Waals surface area contributed by atoms with Gasteiger partial charge in [-0.1, -0.05) is 12.1 Å². The number of benzene rings is 1. The van der Waals surface area contributed by atoms with E-state index in [1.807, 2.05) is 12.1 Å². The average molecular weight is 310 g/mol. The third kappa shape index (κ3) is 2.53. The van der Waals surface area contributed by atoms with Gasteiger partial charge in [0.2, 0.25) is 5.95 Å². The Morgan fingerprint density at radius 3 is 2.43 bits per heavy atom. The highest BCUT2D eigenvalue weighted by Gasteiger charge is 2.14. The summed E-state index contributed by atoms with van der Waals surface area (Å²) < 4.78 is 0. The summed E-state index contributed by atoms with van der Waals surface area (Å²) in [6.45, 7) is 4.05. The fraction of sp³-hybridized carbons (Fsp3) is 0.267. The molecule has 1 aromatic carbocycles. The first kappa shape index (κ1) is 13.8. The van der Waals surface area contributed by atoms with Gasteiger partial charge in [-0.2, -0.15) is 4.98 Å². The van der Waals surface area contributed by atoms with Crippen molar-refractivity contribution in [3.63, 3.8) is 0 Å². The molecule has 8 nitrogen and oxygen atoms in total. The van der Waals surface area contributed by atoms with Crippen molar-refractivity contribution < 1.29 is 0 Å². The van der Waals surface area contributed by atoms with Crippen molar-refractivity contribution in [3.05, 3.63) is 24.3 Å². The monoisotopic (exact) mass is 310 g/mol. The molecule has 118 valence electrons. The van der Waals surface area contributed by atoms with Crippen LogP contribution in [0, 0.1) is 0 Å². The summed E-state index contributed by atoms with van der Waals surface area (Å²) in [4.78, 5) is 18.0. The molecule has 1 fully saturated rings. The number of nitrogen functional groups attached to an aromatic ring is 2. The van der Waals surface area contributed by atoms with Gasteiger partial charge in [-0.25, -0.2) is 9.97 Å². The van der Waals surface area contributed by atoms with E-state index in [2.05, 4.69) is 42.3 Å². The molecule has 3 heterocycles. The maximum absolute atomic E-state index is 5.79. The third-order valence-corrected chi connectivity index (χ3v) is 4.00. The minimum absolute atomic E-state index is 0.197. The molecule has 0 saturated carbocycles. The number of H-pyrrole nitrogens is 1. The summed E-state index contributed by atoms with van der Waals surface area (Å²) in [5.41, 5.74) is 15.5. The number of anilines is 3. The zero-order valence-electron chi connectivity index (χ0n) is 12.6. The highest BCUT2D eigenvalue weighted by molar-refractivity contribution is 5.89. The van der Waals surface area contributed by atoms with Crippen LogP contribution >= 0.6 is 0 Å². The Morgan fingerprint density at radius 2 is 1.70 bits per heavy atom. The number of nitrogens with two attached hydrogens (primary N) is 2. The van der Waals surface area contributed by atoms with Crippen molar-refractivity contribution in [3.8, 4) is 11.3 Å². The van der Waals surface area contributed by atoms with Crippen LogP contribution in [0.15, 0.2) is 24.3 Å². The van der Waals surface area contributed by atoms with E-state index in [0.717, 1.165) is 31.7 Å². The number of aromatic amines is 1. The third-order valence-electron chi connectivity index (χ3n) is 4.00. The van der Waals surface area contributed by atoms with Crippen LogP contribution < -0.4 is 21.7 Å². The van der Waals surface area contributed by atoms with Crippen LogP contribution in [-0.2, 0) is 0 Å². The molecule has 4 rings (SSSR count). The first-order chi connectivity index (χ1) is 11.2. The number of hydrogen-bond acceptors (Lipinski definition) is 7. The number of nitrogens with zero attached hydrogens (tertiary/aromatic N) is 4. The number of aromatic nitrogens is 4. The van der Waals surface area contributed by atoms with E-state index in [9.17, 15) is 0 Å². The number of hydrogen-bond donors (Lipinski definition) is 4. The van der Waals surface area contributed by atoms with Gasteiger partial charge in [-0.15, -0.1) is 0 Å². The summed E-state index contributed by atoms with van der Waals surface area (Å²) in [7, 11) is 0. The quantitative estimate of drug-likeness (QED) is 0.546. The maximum Gasteiger partial charge on any atom is 0.222 e. The highest BCUT2D eigenvalue weighted by atomic mass is 15.2. The normalized spacial score (nSPS) is 15.2. The van der Waals surface area contributed by atoms with Crippen LogP contribution in [-0.4, -0.2) is 46.1 Å². The standard InChI is InChI=1S/C15H18N8/c16-14-19-11(12-13(21-14)22-15(17)20-12)9-1-3-10(4-2-9)23-7-5-18-6-8-23/h1-4,18H,5-8H2,(H5,16,17,19,20,21,22). The molecule has 8 heteroatoms. The molecular weight excluding hydrogens is 292 g/mol. The van der Waals surface area contributed by atoms with Crippen molar-refractivity contribution in [2.24, 2.45) is 0 Å². The molecule has 0 radical (unpaired) electrons. The fourth-order valence-corrected chi connectivity index (χ4v) is 2.89. The number of nitrogens with one attached hydrogen (secondary N) is 2. The molecule has 3 aromatic rings. The van der Waals surface area contributed by atoms with Crippen molar-refractivity contribution in [2.75, 3.05) is 42.5 Å². The molecule has 0 unspecified atom stereocenters. The van der Waals surface area contributed by atoms with Crippen LogP contribution in [0.5, 0.6) is 0 Å². The van der Waals surface area contributed by atoms with Gasteiger partial charge in [0.1, 0.15) is 11.2 Å². The van der Waals surface area contributed by atoms with Gasteiger partial charge < -0.3 is 26.7 Å². The second-order valence-electron chi connectivity index (χ2n) is 5.53. The van der Waals surface area contributed by atoms with Crippen molar-refractivity contribution in [1.82, 2.24) is 25.3 Å². The molecular formula is C15H18N8. The lowest BCUT2D eigenvalue weighted by Gasteiger charge is -2.29. The van der Waals surface area contributed by atoms with Crippen LogP contribution in [0.3, 0.4) is 0 Å². The van der Waals surface area contributed by atoms with E-state index in [1.54, 1.807) is 0 Å². The average Bonchev–Trinajstić information content (AvgIpc) is 2.95. The van der Waals surface area contributed by atoms with E-state index >= 15 is 0 Å². The Bertz CT molecular complexity index is 833. The Morgan fingerprint density at radius 1 is 0.957 bits per heavy atom. The SMILES string of the molecule is Nc1nc(-c2ccc(N3CCNCC3)cc2)c2nc(N)[nH]c2n1. The molecule has 1 aliphatic heterocycles. The minimum atomic E-state index is 0.197. The lowest BCUT2D eigenvalue weighted by Crippen LogP contribution is -2.43. The van der Waals surface area contributed by atoms with E-state index in [1.165, 1.54) is 5.69 Å². The largest absolute Gasteiger partial charge is 0.369 e. The zero-order chi connectivity index (χ0) is 15.8. The summed E-state index contributed by atoms with van der Waals surface area (Å²) in [6.07, 6.45) is 0. The molecule has 6 N–H and O–H groups in total. The molecule has 0 bridgehead atoms. The van der Waals surface area contributed by atoms with E-state index in [4.69, 9.17) is 11.5 Å². The summed E-state index contributed by atoms with van der Waals surface area (Å²) in [6, 6.07) is 8.26. The summed E-state index contributed by atoms with van der Waals surface area (Å²) >= 11 is 0. The molecule has 1 saturated heterocycles. The van der Waals surface area contributed by atoms with Crippen molar-refractivity contribution >= 4 is 28.7 Å². The van der Waals surface area contributed by atoms with Crippen LogP contribution in [0.1, 0.15) is 0 Å². The van der Waals surface area contributed by atoms with Gasteiger partial charge in [-0.05, 0) is 12.1 Å². The van der Waals surface area contributed by atoms with Crippen LogP contribution in [0.4, 0.5) is 17.6 Å². The maximum atomic E-state index is 5.79. The van der Waals surface area contributed by atoms with E-state index in [-0.39, 0.29) is 5.95 Å². The van der Waals surface area contributed by atoms with Gasteiger partial charge in [0, 0.05) is 37.4 Å². The fourth-order valence-electron chi connectivity index (χ4n) is 2.89. The second kappa shape index (κ2) is 5.40. The van der Waals surface area contributed by atoms with Crippen molar-refractivity contribution in [2.45, 2.75) is 0 Å². The predicted octanol–water partition coefficient (Wildman–Crippen LogP) is 0.594. The van der Waals surface area contributed by atoms with Crippen LogP contribution in [0.2, 0.25) is 0 Å². The molecule has 0 spiro atoms. The van der Waals surface area contributed by atoms with Crippen LogP contribution in [0.25, 0.3) is 22.4 Å². The molecule has 0 amide bonds. The predicted molar refractivity (Wildman–Crippen MR) is 91.0 cm³/mol. The lowest BCUT2D eigenvalue weighted by molar-refractivity contribution is 0.589. The van der Waals surface area contributed by atoms with Gasteiger partial charge in [0.25, 0.3) is 0 Å². The number of piperazine rings is 1. The number of fused-ring (bicyclic) bond motifs is 1. The highest BCUT2D eigenvalue weighted by Crippen LogP contribution is 2.27. The van der Waals surface area contributed by atoms with E-state index in [0.29, 0.717) is 22.8 Å². The number of rotatable bonds is 2. The van der Waals surface area contributed by atoms with Gasteiger partial charge in [0.05, 0.1) is 0 Å². The molecule has 0 aliphatic carbocycles. The summed E-state index contributed by atoms with van der Waals surface area (Å²) in [5.74, 6) is 0.501. The minimum Gasteiger partial charge on any atom is -0.369 e. The lowest BCUT2D eigenvalue weighted by atomic mass is 10.1. The molecule has 0 atom stereocenters. The molecule has 1 aliphatic rings. The first-order valence-corrected chi connectivity index (χ1v) is 7.55. The van der Waals surface area contributed by atoms with Gasteiger partial charge in [-0.3, -0.25) is 0 Å². The van der Waals surface area contributed by atoms with Gasteiger partial charge in [0.15, 0.2) is 11.6 Å². The second-order valence-corrected chi connectivity index (χ2v) is 5.53. The smallest absolute Gasteiger partial charge is 0.222 e. The van der Waals surface area contributed by atoms with E-state index < -0.39 is 0 Å². The summed E-state index contributed by atoms with van der Waals surface area (Å²) in [5, 5.41) is 3.35. The first-order valence-electron chi connectivity index (χ1n) is 7.55. The Kier molecular flexibility index (Phi) is 3.23. The molecule has 23 heavy (non-hydrogen) atoms. The zero-order valence-corrected chi connectivity index (χ0v) is 12.6. The topological polar surface area (TPSA) is 122 Å². The molecule has 2 aromatic heterocycles. The van der Waals surface area contributed by atoms with Gasteiger partial charge >= 0.3 is 0 Å².